The van der Waals surface area contributed by atoms with E-state index in [9.17, 15) is 24.7 Å². The van der Waals surface area contributed by atoms with Gasteiger partial charge in [-0.1, -0.05) is 18.1 Å². The highest BCUT2D eigenvalue weighted by Gasteiger charge is 2.38. The first-order valence-corrected chi connectivity index (χ1v) is 10.3. The van der Waals surface area contributed by atoms with Gasteiger partial charge in [-0.15, -0.1) is 12.6 Å². The number of carbonyl (C=O) groups excluding carboxylic acids is 1. The summed E-state index contributed by atoms with van der Waals surface area (Å²) >= 11 is 0. The van der Waals surface area contributed by atoms with Crippen LogP contribution in [0.4, 0.5) is 0 Å². The van der Waals surface area contributed by atoms with Gasteiger partial charge in [0, 0.05) is 18.4 Å². The summed E-state index contributed by atoms with van der Waals surface area (Å²) in [7, 11) is 0. The van der Waals surface area contributed by atoms with E-state index in [1.807, 2.05) is 6.07 Å². The quantitative estimate of drug-likeness (QED) is 0.543. The van der Waals surface area contributed by atoms with E-state index in [1.54, 1.807) is 6.07 Å². The number of carboxylic acid groups (broad SMARTS) is 1. The van der Waals surface area contributed by atoms with Gasteiger partial charge >= 0.3 is 5.97 Å². The van der Waals surface area contributed by atoms with Crippen LogP contribution in [-0.2, 0) is 17.5 Å². The van der Waals surface area contributed by atoms with Gasteiger partial charge in [0.15, 0.2) is 0 Å². The zero-order valence-corrected chi connectivity index (χ0v) is 15.9. The molecule has 1 aliphatic carbocycles. The smallest absolute Gasteiger partial charge is 0.339 e. The van der Waals surface area contributed by atoms with Crippen LogP contribution in [0, 0.1) is 5.92 Å². The Bertz CT molecular complexity index is 783. The van der Waals surface area contributed by atoms with Gasteiger partial charge in [-0.2, -0.15) is 0 Å². The first kappa shape index (κ1) is 19.4. The lowest BCUT2D eigenvalue weighted by Gasteiger charge is -2.37. The number of nitrogens with one attached hydrogen (secondary N) is 1. The predicted molar refractivity (Wildman–Crippen MR) is 104 cm³/mol. The van der Waals surface area contributed by atoms with Crippen molar-refractivity contribution in [3.05, 3.63) is 28.8 Å². The number of ketones is 1. The van der Waals surface area contributed by atoms with Crippen LogP contribution in [0.15, 0.2) is 12.1 Å². The average Bonchev–Trinajstić information content (AvgIpc) is 3.08. The highest BCUT2D eigenvalue weighted by Crippen LogP contribution is 2.38. The SMILES string of the molecule is O=C(O)c1c(OC2CC(C(=O)C[C@@H]3CCCN3)C2)ccc2c1C[B-](O)(O)CC2. The second-order valence-corrected chi connectivity index (χ2v) is 8.63. The Morgan fingerprint density at radius 2 is 2.04 bits per heavy atom. The molecule has 2 aliphatic heterocycles. The number of carbonyl (C=O) groups is 2. The monoisotopic (exact) mass is 388 g/mol. The number of carboxylic acids is 1. The van der Waals surface area contributed by atoms with Crippen LogP contribution >= 0.6 is 0 Å². The maximum absolute atomic E-state index is 12.4. The molecule has 0 spiro atoms. The van der Waals surface area contributed by atoms with Crippen LogP contribution in [0.25, 0.3) is 0 Å². The molecule has 0 amide bonds. The molecule has 1 aromatic carbocycles. The molecule has 4 rings (SSSR count). The van der Waals surface area contributed by atoms with Crippen LogP contribution < -0.4 is 10.1 Å². The third-order valence-electron chi connectivity index (χ3n) is 6.45. The summed E-state index contributed by atoms with van der Waals surface area (Å²) in [6.45, 7) is -1.58. The number of Topliss-reactive ketones (excluding diaryl/α,β-unsaturated/α-hetero) is 1. The van der Waals surface area contributed by atoms with E-state index in [-0.39, 0.29) is 41.8 Å². The first-order chi connectivity index (χ1) is 13.3. The lowest BCUT2D eigenvalue weighted by molar-refractivity contribution is -0.128. The Kier molecular flexibility index (Phi) is 5.20. The Hall–Kier alpha value is -1.90. The van der Waals surface area contributed by atoms with Crippen molar-refractivity contribution in [3.63, 3.8) is 0 Å². The molecule has 2 heterocycles. The van der Waals surface area contributed by atoms with Gasteiger partial charge in [-0.05, 0) is 43.9 Å². The minimum Gasteiger partial charge on any atom is -0.583 e. The minimum atomic E-state index is -2.57. The molecular formula is C20H27BNO6-. The van der Waals surface area contributed by atoms with E-state index in [4.69, 9.17) is 4.74 Å². The summed E-state index contributed by atoms with van der Waals surface area (Å²) in [5, 5.41) is 33.1. The van der Waals surface area contributed by atoms with Crippen molar-refractivity contribution in [2.24, 2.45) is 5.92 Å². The molecule has 0 radical (unpaired) electrons. The van der Waals surface area contributed by atoms with E-state index in [0.29, 0.717) is 37.3 Å². The van der Waals surface area contributed by atoms with Crippen LogP contribution in [-0.4, -0.2) is 52.1 Å². The zero-order valence-electron chi connectivity index (χ0n) is 15.9. The molecule has 28 heavy (non-hydrogen) atoms. The van der Waals surface area contributed by atoms with Crippen LogP contribution in [0.3, 0.4) is 0 Å². The van der Waals surface area contributed by atoms with E-state index in [1.165, 1.54) is 0 Å². The molecule has 1 saturated carbocycles. The van der Waals surface area contributed by atoms with Gasteiger partial charge in [-0.3, -0.25) is 4.79 Å². The van der Waals surface area contributed by atoms with Gasteiger partial charge in [0.05, 0.1) is 0 Å². The van der Waals surface area contributed by atoms with Crippen LogP contribution in [0.2, 0.25) is 6.32 Å². The molecule has 152 valence electrons. The van der Waals surface area contributed by atoms with Crippen molar-refractivity contribution < 1.29 is 29.5 Å². The molecule has 1 saturated heterocycles. The van der Waals surface area contributed by atoms with Crippen molar-refractivity contribution >= 4 is 18.3 Å². The predicted octanol–water partition coefficient (Wildman–Crippen LogP) is 1.32. The minimum absolute atomic E-state index is 0.0100. The topological polar surface area (TPSA) is 116 Å². The highest BCUT2D eigenvalue weighted by atomic mass is 16.5. The van der Waals surface area contributed by atoms with Gasteiger partial charge < -0.3 is 25.2 Å². The average molecular weight is 388 g/mol. The third-order valence-corrected chi connectivity index (χ3v) is 6.45. The molecule has 8 heteroatoms. The molecule has 2 fully saturated rings. The van der Waals surface area contributed by atoms with Gasteiger partial charge in [0.2, 0.25) is 6.55 Å². The summed E-state index contributed by atoms with van der Waals surface area (Å²) in [4.78, 5) is 24.2. The van der Waals surface area contributed by atoms with Crippen molar-refractivity contribution in [3.8, 4) is 5.75 Å². The highest BCUT2D eigenvalue weighted by molar-refractivity contribution is 6.64. The molecule has 1 atom stereocenters. The van der Waals surface area contributed by atoms with Gasteiger partial charge in [0.1, 0.15) is 23.2 Å². The number of hydrogen-bond acceptors (Lipinski definition) is 6. The Labute approximate surface area is 164 Å². The maximum Gasteiger partial charge on any atom is 0.339 e. The number of aromatic carboxylic acids is 1. The van der Waals surface area contributed by atoms with Crippen molar-refractivity contribution in [2.75, 3.05) is 6.54 Å². The van der Waals surface area contributed by atoms with E-state index >= 15 is 0 Å². The number of benzene rings is 1. The second-order valence-electron chi connectivity index (χ2n) is 8.63. The number of aryl methyl sites for hydroxylation is 1. The van der Waals surface area contributed by atoms with Gasteiger partial charge in [0.25, 0.3) is 0 Å². The van der Waals surface area contributed by atoms with Crippen molar-refractivity contribution in [1.29, 1.82) is 0 Å². The fourth-order valence-electron chi connectivity index (χ4n) is 4.73. The normalized spacial score (nSPS) is 28.3. The lowest BCUT2D eigenvalue weighted by atomic mass is 9.47. The fourth-order valence-corrected chi connectivity index (χ4v) is 4.73. The molecular weight excluding hydrogens is 361 g/mol. The van der Waals surface area contributed by atoms with Crippen LogP contribution in [0.1, 0.15) is 53.6 Å². The Balaban J connectivity index is 1.42. The molecule has 0 unspecified atom stereocenters. The Morgan fingerprint density at radius 3 is 2.71 bits per heavy atom. The number of ether oxygens (including phenoxy) is 1. The molecule has 7 nitrogen and oxygen atoms in total. The van der Waals surface area contributed by atoms with E-state index < -0.39 is 12.5 Å². The Morgan fingerprint density at radius 1 is 1.25 bits per heavy atom. The second kappa shape index (κ2) is 7.50. The third kappa shape index (κ3) is 3.95. The number of rotatable bonds is 6. The molecule has 3 aliphatic rings. The van der Waals surface area contributed by atoms with Crippen LogP contribution in [0.5, 0.6) is 5.75 Å². The van der Waals surface area contributed by atoms with Crippen molar-refractivity contribution in [2.45, 2.75) is 63.3 Å². The number of hydrogen-bond donors (Lipinski definition) is 4. The standard InChI is InChI=1S/C20H27BNO6/c23-17(10-14-2-1-7-22-14)13-8-15(9-13)28-18-4-3-12-5-6-21(26,27)11-16(12)19(18)20(24)25/h3-4,13-15,22,26-27H,1-2,5-11H2,(H,24,25)/q-1/t13?,14-,15?/m0/s1. The summed E-state index contributed by atoms with van der Waals surface area (Å²) in [6.07, 6.45) is 4.40. The van der Waals surface area contributed by atoms with E-state index in [2.05, 4.69) is 5.32 Å². The summed E-state index contributed by atoms with van der Waals surface area (Å²) in [5.74, 6) is -0.618. The molecule has 1 aromatic rings. The maximum atomic E-state index is 12.4. The fraction of sp³-hybridized carbons (Fsp3) is 0.600. The molecule has 0 aromatic heterocycles. The first-order valence-electron chi connectivity index (χ1n) is 10.3. The summed E-state index contributed by atoms with van der Waals surface area (Å²) in [6, 6.07) is 3.77. The summed E-state index contributed by atoms with van der Waals surface area (Å²) < 4.78 is 5.92. The van der Waals surface area contributed by atoms with Crippen molar-refractivity contribution in [1.82, 2.24) is 5.32 Å². The zero-order chi connectivity index (χ0) is 19.9. The molecule has 0 bridgehead atoms. The summed E-state index contributed by atoms with van der Waals surface area (Å²) in [5.41, 5.74) is 1.31. The molecule has 4 N–H and O–H groups in total. The number of fused-ring (bicyclic) bond motifs is 1. The lowest BCUT2D eigenvalue weighted by Crippen LogP contribution is -2.42. The van der Waals surface area contributed by atoms with Gasteiger partial charge in [-0.25, -0.2) is 4.79 Å². The largest absolute Gasteiger partial charge is 0.583 e. The van der Waals surface area contributed by atoms with E-state index in [0.717, 1.165) is 24.9 Å².